The summed E-state index contributed by atoms with van der Waals surface area (Å²) in [5, 5.41) is 0.517. The fraction of sp³-hybridized carbons (Fsp3) is 0.300. The van der Waals surface area contributed by atoms with Crippen LogP contribution < -0.4 is 0 Å². The predicted molar refractivity (Wildman–Crippen MR) is 57.7 cm³/mol. The third-order valence-corrected chi connectivity index (χ3v) is 1.89. The van der Waals surface area contributed by atoms with Crippen molar-refractivity contribution in [2.24, 2.45) is 4.99 Å². The minimum absolute atomic E-state index is 0.517. The van der Waals surface area contributed by atoms with Gasteiger partial charge in [0.2, 0.25) is 5.29 Å². The van der Waals surface area contributed by atoms with Crippen molar-refractivity contribution in [2.75, 3.05) is 6.54 Å². The first-order valence-electron chi connectivity index (χ1n) is 4.33. The number of aliphatic imine (C=N–C) groups is 1. The van der Waals surface area contributed by atoms with Gasteiger partial charge in [-0.05, 0) is 30.2 Å². The largest absolute Gasteiger partial charge is 0.319 e. The molecule has 1 heterocycles. The van der Waals surface area contributed by atoms with Crippen LogP contribution in [0, 0.1) is 0 Å². The van der Waals surface area contributed by atoms with E-state index in [1.54, 1.807) is 6.20 Å². The molecule has 0 N–H and O–H groups in total. The van der Waals surface area contributed by atoms with Gasteiger partial charge in [-0.25, -0.2) is 4.99 Å². The van der Waals surface area contributed by atoms with Gasteiger partial charge in [0.15, 0.2) is 0 Å². The molecule has 0 aromatic carbocycles. The van der Waals surface area contributed by atoms with Crippen molar-refractivity contribution in [1.29, 1.82) is 0 Å². The molecular weight excluding hydrogens is 184 g/mol. The Hall–Kier alpha value is -1.02. The molecule has 0 aromatic heterocycles. The smallest absolute Gasteiger partial charge is 0.202 e. The maximum atomic E-state index is 5.84. The average molecular weight is 197 g/mol. The Balaban J connectivity index is 2.45. The molecule has 13 heavy (non-hydrogen) atoms. The van der Waals surface area contributed by atoms with E-state index in [2.05, 4.69) is 18.0 Å². The third-order valence-electron chi connectivity index (χ3n) is 1.57. The Morgan fingerprint density at radius 3 is 3.15 bits per heavy atom. The Morgan fingerprint density at radius 1 is 1.62 bits per heavy atom. The zero-order chi connectivity index (χ0) is 9.52. The summed E-state index contributed by atoms with van der Waals surface area (Å²) >= 11 is 5.84. The molecule has 0 bridgehead atoms. The monoisotopic (exact) mass is 196 g/mol. The number of amidine groups is 1. The molecule has 0 aliphatic carbocycles. The van der Waals surface area contributed by atoms with Gasteiger partial charge >= 0.3 is 0 Å². The first-order valence-corrected chi connectivity index (χ1v) is 4.70. The van der Waals surface area contributed by atoms with E-state index < -0.39 is 0 Å². The van der Waals surface area contributed by atoms with Crippen molar-refractivity contribution in [3.63, 3.8) is 0 Å². The van der Waals surface area contributed by atoms with Crippen molar-refractivity contribution in [1.82, 2.24) is 4.90 Å². The van der Waals surface area contributed by atoms with Gasteiger partial charge in [0.1, 0.15) is 0 Å². The zero-order valence-corrected chi connectivity index (χ0v) is 8.41. The van der Waals surface area contributed by atoms with Crippen LogP contribution in [0.15, 0.2) is 41.7 Å². The van der Waals surface area contributed by atoms with Crippen LogP contribution in [-0.4, -0.2) is 16.7 Å². The van der Waals surface area contributed by atoms with Gasteiger partial charge in [0.05, 0.1) is 0 Å². The molecule has 0 saturated carbocycles. The predicted octanol–water partition coefficient (Wildman–Crippen LogP) is 2.89. The summed E-state index contributed by atoms with van der Waals surface area (Å²) < 4.78 is 0. The van der Waals surface area contributed by atoms with Gasteiger partial charge in [-0.1, -0.05) is 19.1 Å². The van der Waals surface area contributed by atoms with E-state index in [4.69, 9.17) is 11.6 Å². The molecule has 0 atom stereocenters. The summed E-state index contributed by atoms with van der Waals surface area (Å²) in [7, 11) is 0. The van der Waals surface area contributed by atoms with E-state index in [1.165, 1.54) is 0 Å². The Labute approximate surface area is 83.9 Å². The minimum Gasteiger partial charge on any atom is -0.319 e. The second kappa shape index (κ2) is 5.60. The SMILES string of the molecule is CC/C=C\C=C/N1CC=CN=C1Cl. The van der Waals surface area contributed by atoms with Gasteiger partial charge in [0.25, 0.3) is 0 Å². The topological polar surface area (TPSA) is 15.6 Å². The van der Waals surface area contributed by atoms with Crippen LogP contribution in [0.5, 0.6) is 0 Å². The summed E-state index contributed by atoms with van der Waals surface area (Å²) in [6.45, 7) is 2.89. The van der Waals surface area contributed by atoms with Crippen molar-refractivity contribution >= 4 is 16.9 Å². The summed E-state index contributed by atoms with van der Waals surface area (Å²) in [4.78, 5) is 5.84. The number of hydrogen-bond acceptors (Lipinski definition) is 2. The van der Waals surface area contributed by atoms with E-state index in [-0.39, 0.29) is 0 Å². The number of nitrogens with zero attached hydrogens (tertiary/aromatic N) is 2. The van der Waals surface area contributed by atoms with Gasteiger partial charge in [-0.3, -0.25) is 0 Å². The number of halogens is 1. The highest BCUT2D eigenvalue weighted by Crippen LogP contribution is 2.04. The maximum absolute atomic E-state index is 5.84. The molecule has 0 fully saturated rings. The summed E-state index contributed by atoms with van der Waals surface area (Å²) in [5.41, 5.74) is 0. The van der Waals surface area contributed by atoms with Crippen LogP contribution in [0.2, 0.25) is 0 Å². The van der Waals surface area contributed by atoms with Gasteiger partial charge in [-0.15, -0.1) is 0 Å². The van der Waals surface area contributed by atoms with Crippen LogP contribution in [0.3, 0.4) is 0 Å². The Morgan fingerprint density at radius 2 is 2.46 bits per heavy atom. The normalized spacial score (nSPS) is 17.4. The fourth-order valence-electron chi connectivity index (χ4n) is 0.915. The van der Waals surface area contributed by atoms with Crippen molar-refractivity contribution in [2.45, 2.75) is 13.3 Å². The summed E-state index contributed by atoms with van der Waals surface area (Å²) in [5.74, 6) is 0. The molecule has 1 aliphatic rings. The van der Waals surface area contributed by atoms with Crippen LogP contribution in [-0.2, 0) is 0 Å². The highest BCUT2D eigenvalue weighted by molar-refractivity contribution is 6.64. The molecule has 0 saturated heterocycles. The molecule has 0 aromatic rings. The lowest BCUT2D eigenvalue weighted by Crippen LogP contribution is -2.22. The molecule has 70 valence electrons. The van der Waals surface area contributed by atoms with Gasteiger partial charge < -0.3 is 4.90 Å². The second-order valence-electron chi connectivity index (χ2n) is 2.61. The molecular formula is C10H13ClN2. The molecule has 0 spiro atoms. The first kappa shape index (κ1) is 10.1. The zero-order valence-electron chi connectivity index (χ0n) is 7.65. The summed E-state index contributed by atoms with van der Waals surface area (Å²) in [6.07, 6.45) is 12.7. The molecule has 0 radical (unpaired) electrons. The van der Waals surface area contributed by atoms with Crippen molar-refractivity contribution in [3.05, 3.63) is 36.7 Å². The van der Waals surface area contributed by atoms with E-state index in [0.29, 0.717) is 5.29 Å². The lowest BCUT2D eigenvalue weighted by atomic mass is 10.4. The number of hydrogen-bond donors (Lipinski definition) is 0. The highest BCUT2D eigenvalue weighted by atomic mass is 35.5. The molecule has 2 nitrogen and oxygen atoms in total. The lowest BCUT2D eigenvalue weighted by molar-refractivity contribution is 0.625. The minimum atomic E-state index is 0.517. The first-order chi connectivity index (χ1) is 6.34. The fourth-order valence-corrected chi connectivity index (χ4v) is 1.10. The lowest BCUT2D eigenvalue weighted by Gasteiger charge is -2.17. The third kappa shape index (κ3) is 3.47. The van der Waals surface area contributed by atoms with Gasteiger partial charge in [-0.2, -0.15) is 0 Å². The van der Waals surface area contributed by atoms with Gasteiger partial charge in [0, 0.05) is 18.9 Å². The molecule has 1 aliphatic heterocycles. The molecule has 3 heteroatoms. The standard InChI is InChI=1S/C10H13ClN2/c1-2-3-4-5-8-13-9-6-7-12-10(13)11/h3-8H,2,9H2,1H3/b4-3-,8-5-. The average Bonchev–Trinajstić information content (AvgIpc) is 2.15. The maximum Gasteiger partial charge on any atom is 0.202 e. The van der Waals surface area contributed by atoms with E-state index in [9.17, 15) is 0 Å². The van der Waals surface area contributed by atoms with Crippen LogP contribution >= 0.6 is 11.6 Å². The van der Waals surface area contributed by atoms with Crippen molar-refractivity contribution in [3.8, 4) is 0 Å². The summed E-state index contributed by atoms with van der Waals surface area (Å²) in [6, 6.07) is 0. The van der Waals surface area contributed by atoms with Crippen LogP contribution in [0.1, 0.15) is 13.3 Å². The number of rotatable bonds is 3. The van der Waals surface area contributed by atoms with E-state index in [1.807, 2.05) is 29.3 Å². The van der Waals surface area contributed by atoms with E-state index >= 15 is 0 Å². The molecule has 1 rings (SSSR count). The molecule has 0 unspecified atom stereocenters. The number of allylic oxidation sites excluding steroid dienone is 3. The van der Waals surface area contributed by atoms with Crippen LogP contribution in [0.25, 0.3) is 0 Å². The van der Waals surface area contributed by atoms with Crippen molar-refractivity contribution < 1.29 is 0 Å². The quantitative estimate of drug-likeness (QED) is 0.501. The van der Waals surface area contributed by atoms with E-state index in [0.717, 1.165) is 13.0 Å². The Bertz CT molecular complexity index is 264. The second-order valence-corrected chi connectivity index (χ2v) is 2.95. The Kier molecular flexibility index (Phi) is 4.33. The van der Waals surface area contributed by atoms with Crippen LogP contribution in [0.4, 0.5) is 0 Å². The highest BCUT2D eigenvalue weighted by Gasteiger charge is 2.04. The molecule has 0 amide bonds.